The van der Waals surface area contributed by atoms with E-state index in [2.05, 4.69) is 4.98 Å². The number of benzene rings is 2. The normalized spacial score (nSPS) is 11.3. The van der Waals surface area contributed by atoms with Gasteiger partial charge in [-0.2, -0.15) is 5.10 Å². The fourth-order valence-corrected chi connectivity index (χ4v) is 4.01. The standard InChI is InChI=1S/C22H15N3OS/c26-22-18-8-3-2-7-17(18)21(20-10-5-13-27-20)24-25(22)14-16-12-11-15-6-1-4-9-19(15)23-16/h1-13H,14H2. The molecule has 5 rings (SSSR count). The van der Waals surface area contributed by atoms with Gasteiger partial charge in [0.05, 0.1) is 28.0 Å². The summed E-state index contributed by atoms with van der Waals surface area (Å²) in [7, 11) is 0. The van der Waals surface area contributed by atoms with Gasteiger partial charge in [0, 0.05) is 10.8 Å². The van der Waals surface area contributed by atoms with Crippen LogP contribution in [0.2, 0.25) is 0 Å². The molecule has 2 aromatic carbocycles. The molecule has 0 saturated carbocycles. The van der Waals surface area contributed by atoms with E-state index >= 15 is 0 Å². The van der Waals surface area contributed by atoms with E-state index in [1.54, 1.807) is 11.3 Å². The van der Waals surface area contributed by atoms with Crippen LogP contribution < -0.4 is 5.56 Å². The predicted octanol–water partition coefficient (Wildman–Crippen LogP) is 4.72. The Morgan fingerprint density at radius 1 is 0.852 bits per heavy atom. The van der Waals surface area contributed by atoms with Crippen molar-refractivity contribution < 1.29 is 0 Å². The first-order valence-corrected chi connectivity index (χ1v) is 9.56. The average Bonchev–Trinajstić information content (AvgIpc) is 3.25. The Bertz CT molecular complexity index is 1320. The minimum atomic E-state index is -0.0964. The lowest BCUT2D eigenvalue weighted by Gasteiger charge is -2.10. The zero-order valence-corrected chi connectivity index (χ0v) is 15.2. The number of thiophene rings is 1. The largest absolute Gasteiger partial charge is 0.275 e. The fourth-order valence-electron chi connectivity index (χ4n) is 3.29. The summed E-state index contributed by atoms with van der Waals surface area (Å²) in [6.07, 6.45) is 0. The summed E-state index contributed by atoms with van der Waals surface area (Å²) in [5, 5.41) is 9.36. The lowest BCUT2D eigenvalue weighted by atomic mass is 10.1. The van der Waals surface area contributed by atoms with Crippen LogP contribution in [0.4, 0.5) is 0 Å². The summed E-state index contributed by atoms with van der Waals surface area (Å²) in [5.41, 5.74) is 2.47. The maximum Gasteiger partial charge on any atom is 0.275 e. The fraction of sp³-hybridized carbons (Fsp3) is 0.0455. The highest BCUT2D eigenvalue weighted by Crippen LogP contribution is 2.28. The van der Waals surface area contributed by atoms with Crippen molar-refractivity contribution in [1.29, 1.82) is 0 Å². The van der Waals surface area contributed by atoms with Crippen LogP contribution in [-0.2, 0) is 6.54 Å². The highest BCUT2D eigenvalue weighted by molar-refractivity contribution is 7.13. The van der Waals surface area contributed by atoms with Crippen molar-refractivity contribution in [2.45, 2.75) is 6.54 Å². The molecule has 4 nitrogen and oxygen atoms in total. The van der Waals surface area contributed by atoms with Crippen molar-refractivity contribution in [3.8, 4) is 10.6 Å². The first-order chi connectivity index (χ1) is 13.3. The zero-order chi connectivity index (χ0) is 18.2. The third-order valence-electron chi connectivity index (χ3n) is 4.59. The van der Waals surface area contributed by atoms with Crippen LogP contribution in [0.15, 0.2) is 83.0 Å². The average molecular weight is 369 g/mol. The molecule has 0 N–H and O–H groups in total. The molecule has 5 aromatic rings. The molecular weight excluding hydrogens is 354 g/mol. The van der Waals surface area contributed by atoms with Crippen LogP contribution >= 0.6 is 11.3 Å². The molecule has 0 amide bonds. The monoisotopic (exact) mass is 369 g/mol. The topological polar surface area (TPSA) is 47.8 Å². The Morgan fingerprint density at radius 2 is 1.67 bits per heavy atom. The van der Waals surface area contributed by atoms with Crippen LogP contribution in [0.3, 0.4) is 0 Å². The minimum Gasteiger partial charge on any atom is -0.267 e. The molecule has 0 aliphatic carbocycles. The second kappa shape index (κ2) is 6.45. The predicted molar refractivity (Wildman–Crippen MR) is 110 cm³/mol. The highest BCUT2D eigenvalue weighted by atomic mass is 32.1. The Labute approximate surface area is 159 Å². The van der Waals surface area contributed by atoms with Gasteiger partial charge in [-0.1, -0.05) is 48.5 Å². The Kier molecular flexibility index (Phi) is 3.80. The number of hydrogen-bond acceptors (Lipinski definition) is 4. The van der Waals surface area contributed by atoms with Crippen molar-refractivity contribution in [3.05, 3.63) is 94.2 Å². The van der Waals surface area contributed by atoms with E-state index in [-0.39, 0.29) is 5.56 Å². The molecule has 0 spiro atoms. The summed E-state index contributed by atoms with van der Waals surface area (Å²) >= 11 is 1.62. The minimum absolute atomic E-state index is 0.0964. The van der Waals surface area contributed by atoms with Crippen molar-refractivity contribution in [2.24, 2.45) is 0 Å². The first kappa shape index (κ1) is 15.9. The van der Waals surface area contributed by atoms with Crippen LogP contribution in [0, 0.1) is 0 Å². The lowest BCUT2D eigenvalue weighted by Crippen LogP contribution is -2.24. The highest BCUT2D eigenvalue weighted by Gasteiger charge is 2.13. The first-order valence-electron chi connectivity index (χ1n) is 8.68. The van der Waals surface area contributed by atoms with Crippen molar-refractivity contribution in [2.75, 3.05) is 0 Å². The Hall–Kier alpha value is -3.31. The van der Waals surface area contributed by atoms with Gasteiger partial charge >= 0.3 is 0 Å². The number of aromatic nitrogens is 3. The van der Waals surface area contributed by atoms with E-state index in [4.69, 9.17) is 5.10 Å². The van der Waals surface area contributed by atoms with Gasteiger partial charge in [0.15, 0.2) is 0 Å². The maximum absolute atomic E-state index is 13.0. The van der Waals surface area contributed by atoms with Crippen LogP contribution in [0.1, 0.15) is 5.69 Å². The van der Waals surface area contributed by atoms with E-state index in [9.17, 15) is 4.79 Å². The molecule has 130 valence electrons. The number of para-hydroxylation sites is 1. The molecular formula is C22H15N3OS. The molecule has 3 heterocycles. The third-order valence-corrected chi connectivity index (χ3v) is 5.47. The maximum atomic E-state index is 13.0. The molecule has 3 aromatic heterocycles. The number of fused-ring (bicyclic) bond motifs is 2. The zero-order valence-electron chi connectivity index (χ0n) is 14.4. The van der Waals surface area contributed by atoms with Crippen LogP contribution in [-0.4, -0.2) is 14.8 Å². The molecule has 0 bridgehead atoms. The molecule has 0 aliphatic rings. The van der Waals surface area contributed by atoms with Gasteiger partial charge in [-0.15, -0.1) is 11.3 Å². The summed E-state index contributed by atoms with van der Waals surface area (Å²) in [4.78, 5) is 18.7. The molecule has 0 radical (unpaired) electrons. The van der Waals surface area contributed by atoms with E-state index in [0.29, 0.717) is 11.9 Å². The van der Waals surface area contributed by atoms with E-state index in [1.807, 2.05) is 78.2 Å². The van der Waals surface area contributed by atoms with Gasteiger partial charge in [0.25, 0.3) is 5.56 Å². The smallest absolute Gasteiger partial charge is 0.267 e. The molecule has 0 fully saturated rings. The quantitative estimate of drug-likeness (QED) is 0.462. The number of pyridine rings is 1. The van der Waals surface area contributed by atoms with Gasteiger partial charge in [-0.05, 0) is 29.6 Å². The van der Waals surface area contributed by atoms with Gasteiger partial charge in [-0.25, -0.2) is 4.68 Å². The Morgan fingerprint density at radius 3 is 2.52 bits per heavy atom. The number of rotatable bonds is 3. The second-order valence-electron chi connectivity index (χ2n) is 6.33. The molecule has 0 atom stereocenters. The summed E-state index contributed by atoms with van der Waals surface area (Å²) in [6.45, 7) is 0.340. The van der Waals surface area contributed by atoms with Crippen molar-refractivity contribution in [3.63, 3.8) is 0 Å². The molecule has 5 heteroatoms. The number of nitrogens with zero attached hydrogens (tertiary/aromatic N) is 3. The van der Waals surface area contributed by atoms with E-state index in [0.717, 1.165) is 32.6 Å². The van der Waals surface area contributed by atoms with Gasteiger partial charge in [0.2, 0.25) is 0 Å². The van der Waals surface area contributed by atoms with E-state index < -0.39 is 0 Å². The van der Waals surface area contributed by atoms with Gasteiger partial charge < -0.3 is 0 Å². The van der Waals surface area contributed by atoms with Crippen LogP contribution in [0.25, 0.3) is 32.2 Å². The van der Waals surface area contributed by atoms with Crippen molar-refractivity contribution in [1.82, 2.24) is 14.8 Å². The Balaban J connectivity index is 1.68. The summed E-state index contributed by atoms with van der Waals surface area (Å²) < 4.78 is 1.52. The molecule has 0 saturated heterocycles. The third kappa shape index (κ3) is 2.82. The second-order valence-corrected chi connectivity index (χ2v) is 7.28. The van der Waals surface area contributed by atoms with Crippen LogP contribution in [0.5, 0.6) is 0 Å². The molecule has 27 heavy (non-hydrogen) atoms. The van der Waals surface area contributed by atoms with Gasteiger partial charge in [0.1, 0.15) is 5.69 Å². The molecule has 0 unspecified atom stereocenters. The summed E-state index contributed by atoms with van der Waals surface area (Å²) in [5.74, 6) is 0. The SMILES string of the molecule is O=c1c2ccccc2c(-c2cccs2)nn1Cc1ccc2ccccc2n1. The molecule has 0 aliphatic heterocycles. The summed E-state index contributed by atoms with van der Waals surface area (Å²) in [6, 6.07) is 23.6. The van der Waals surface area contributed by atoms with E-state index in [1.165, 1.54) is 4.68 Å². The number of hydrogen-bond donors (Lipinski definition) is 0. The van der Waals surface area contributed by atoms with Crippen molar-refractivity contribution >= 4 is 33.0 Å². The van der Waals surface area contributed by atoms with Gasteiger partial charge in [-0.3, -0.25) is 9.78 Å². The lowest BCUT2D eigenvalue weighted by molar-refractivity contribution is 0.641.